The van der Waals surface area contributed by atoms with Crippen LogP contribution in [0.5, 0.6) is 0 Å². The van der Waals surface area contributed by atoms with Crippen LogP contribution in [0.2, 0.25) is 0 Å². The number of amides is 1. The Morgan fingerprint density at radius 1 is 1.04 bits per heavy atom. The summed E-state index contributed by atoms with van der Waals surface area (Å²) in [6, 6.07) is 16.1. The predicted molar refractivity (Wildman–Crippen MR) is 98.6 cm³/mol. The van der Waals surface area contributed by atoms with Gasteiger partial charge in [0.1, 0.15) is 0 Å². The Morgan fingerprint density at radius 3 is 2.75 bits per heavy atom. The van der Waals surface area contributed by atoms with Crippen LogP contribution in [0.4, 0.5) is 5.69 Å². The molecule has 0 saturated carbocycles. The number of aromatic nitrogens is 2. The van der Waals surface area contributed by atoms with Crippen molar-refractivity contribution in [3.63, 3.8) is 0 Å². The zero-order valence-electron chi connectivity index (χ0n) is 13.7. The van der Waals surface area contributed by atoms with E-state index in [1.165, 1.54) is 0 Å². The molecular formula is C20H19N3O. The van der Waals surface area contributed by atoms with Crippen molar-refractivity contribution < 1.29 is 4.79 Å². The van der Waals surface area contributed by atoms with Gasteiger partial charge in [-0.15, -0.1) is 0 Å². The van der Waals surface area contributed by atoms with Gasteiger partial charge in [-0.05, 0) is 61.7 Å². The van der Waals surface area contributed by atoms with Crippen LogP contribution < -0.4 is 5.32 Å². The van der Waals surface area contributed by atoms with Gasteiger partial charge in [0.2, 0.25) is 0 Å². The lowest BCUT2D eigenvalue weighted by Crippen LogP contribution is -2.12. The van der Waals surface area contributed by atoms with Crippen LogP contribution in [0.1, 0.15) is 30.2 Å². The molecule has 2 N–H and O–H groups in total. The molecule has 0 bridgehead atoms. The van der Waals surface area contributed by atoms with Crippen LogP contribution >= 0.6 is 0 Å². The zero-order chi connectivity index (χ0) is 16.7. The standard InChI is InChI=1S/C20H19N3O/c1-13(2)23-10-8-14-3-4-16(12-19(14)23)20(24)22-17-5-6-18-15(11-17)7-9-21-18/h3-13,21H,1-2H3,(H,22,24). The Hall–Kier alpha value is -3.01. The molecule has 4 aromatic rings. The number of carbonyl (C=O) groups excluding carboxylic acids is 1. The van der Waals surface area contributed by atoms with Crippen LogP contribution in [0.3, 0.4) is 0 Å². The summed E-state index contributed by atoms with van der Waals surface area (Å²) in [6.45, 7) is 4.27. The third kappa shape index (κ3) is 2.46. The summed E-state index contributed by atoms with van der Waals surface area (Å²) in [5, 5.41) is 5.21. The molecule has 0 saturated heterocycles. The molecular weight excluding hydrogens is 298 g/mol. The van der Waals surface area contributed by atoms with Crippen LogP contribution in [0.25, 0.3) is 21.8 Å². The normalized spacial score (nSPS) is 11.5. The zero-order valence-corrected chi connectivity index (χ0v) is 13.7. The fourth-order valence-electron chi connectivity index (χ4n) is 3.07. The maximum atomic E-state index is 12.6. The molecule has 120 valence electrons. The number of fused-ring (bicyclic) bond motifs is 2. The van der Waals surface area contributed by atoms with Crippen molar-refractivity contribution in [2.45, 2.75) is 19.9 Å². The van der Waals surface area contributed by atoms with Crippen molar-refractivity contribution in [2.24, 2.45) is 0 Å². The summed E-state index contributed by atoms with van der Waals surface area (Å²) in [6.07, 6.45) is 3.96. The van der Waals surface area contributed by atoms with E-state index in [0.29, 0.717) is 11.6 Å². The second-order valence-electron chi connectivity index (χ2n) is 6.32. The predicted octanol–water partition coefficient (Wildman–Crippen LogP) is 4.96. The first-order valence-corrected chi connectivity index (χ1v) is 8.11. The van der Waals surface area contributed by atoms with Crippen molar-refractivity contribution >= 4 is 33.4 Å². The van der Waals surface area contributed by atoms with Crippen LogP contribution in [-0.4, -0.2) is 15.5 Å². The minimum Gasteiger partial charge on any atom is -0.361 e. The van der Waals surface area contributed by atoms with Gasteiger partial charge in [-0.2, -0.15) is 0 Å². The van der Waals surface area contributed by atoms with E-state index in [1.54, 1.807) is 0 Å². The summed E-state index contributed by atoms with van der Waals surface area (Å²) in [4.78, 5) is 15.8. The molecule has 4 heteroatoms. The Morgan fingerprint density at radius 2 is 1.92 bits per heavy atom. The van der Waals surface area contributed by atoms with Gasteiger partial charge < -0.3 is 14.9 Å². The molecule has 24 heavy (non-hydrogen) atoms. The molecule has 4 rings (SSSR count). The van der Waals surface area contributed by atoms with E-state index in [2.05, 4.69) is 41.0 Å². The molecule has 2 heterocycles. The molecule has 0 radical (unpaired) electrons. The summed E-state index contributed by atoms with van der Waals surface area (Å²) in [5.41, 5.74) is 3.60. The fraction of sp³-hybridized carbons (Fsp3) is 0.150. The third-order valence-electron chi connectivity index (χ3n) is 4.35. The number of nitrogens with zero attached hydrogens (tertiary/aromatic N) is 1. The molecule has 1 amide bonds. The summed E-state index contributed by atoms with van der Waals surface area (Å²) in [7, 11) is 0. The topological polar surface area (TPSA) is 49.8 Å². The summed E-state index contributed by atoms with van der Waals surface area (Å²) in [5.74, 6) is -0.0942. The van der Waals surface area contributed by atoms with Crippen molar-refractivity contribution in [3.8, 4) is 0 Å². The molecule has 2 aromatic heterocycles. The number of hydrogen-bond donors (Lipinski definition) is 2. The Balaban J connectivity index is 1.65. The lowest BCUT2D eigenvalue weighted by atomic mass is 10.1. The first kappa shape index (κ1) is 14.6. The first-order chi connectivity index (χ1) is 11.6. The van der Waals surface area contributed by atoms with Crippen LogP contribution in [-0.2, 0) is 0 Å². The second kappa shape index (κ2) is 5.57. The number of hydrogen-bond acceptors (Lipinski definition) is 1. The molecule has 2 aromatic carbocycles. The van der Waals surface area contributed by atoms with E-state index < -0.39 is 0 Å². The van der Waals surface area contributed by atoms with E-state index in [4.69, 9.17) is 0 Å². The van der Waals surface area contributed by atoms with Crippen molar-refractivity contribution in [2.75, 3.05) is 5.32 Å². The van der Waals surface area contributed by atoms with E-state index in [-0.39, 0.29) is 5.91 Å². The Bertz CT molecular complexity index is 1040. The van der Waals surface area contributed by atoms with Gasteiger partial charge >= 0.3 is 0 Å². The van der Waals surface area contributed by atoms with E-state index in [9.17, 15) is 4.79 Å². The SMILES string of the molecule is CC(C)n1ccc2ccc(C(=O)Nc3ccc4[nH]ccc4c3)cc21. The lowest BCUT2D eigenvalue weighted by molar-refractivity contribution is 0.102. The number of nitrogens with one attached hydrogen (secondary N) is 2. The molecule has 0 spiro atoms. The van der Waals surface area contributed by atoms with E-state index in [1.807, 2.05) is 48.7 Å². The highest BCUT2D eigenvalue weighted by molar-refractivity contribution is 6.06. The average Bonchev–Trinajstić information content (AvgIpc) is 3.20. The smallest absolute Gasteiger partial charge is 0.255 e. The van der Waals surface area contributed by atoms with Crippen LogP contribution in [0.15, 0.2) is 60.9 Å². The second-order valence-corrected chi connectivity index (χ2v) is 6.32. The van der Waals surface area contributed by atoms with E-state index >= 15 is 0 Å². The summed E-state index contributed by atoms with van der Waals surface area (Å²) >= 11 is 0. The van der Waals surface area contributed by atoms with Gasteiger partial charge in [0.05, 0.1) is 0 Å². The summed E-state index contributed by atoms with van der Waals surface area (Å²) < 4.78 is 2.18. The number of carbonyl (C=O) groups is 1. The number of H-pyrrole nitrogens is 1. The molecule has 0 aliphatic carbocycles. The monoisotopic (exact) mass is 317 g/mol. The largest absolute Gasteiger partial charge is 0.361 e. The Kier molecular flexibility index (Phi) is 3.38. The highest BCUT2D eigenvalue weighted by atomic mass is 16.1. The quantitative estimate of drug-likeness (QED) is 0.551. The van der Waals surface area contributed by atoms with Crippen molar-refractivity contribution in [3.05, 3.63) is 66.5 Å². The highest BCUT2D eigenvalue weighted by Gasteiger charge is 2.10. The third-order valence-corrected chi connectivity index (χ3v) is 4.35. The van der Waals surface area contributed by atoms with Gasteiger partial charge in [-0.25, -0.2) is 0 Å². The number of benzene rings is 2. The molecule has 0 aliphatic heterocycles. The number of anilines is 1. The molecule has 0 unspecified atom stereocenters. The van der Waals surface area contributed by atoms with Gasteiger partial charge in [0.15, 0.2) is 0 Å². The fourth-order valence-corrected chi connectivity index (χ4v) is 3.07. The lowest BCUT2D eigenvalue weighted by Gasteiger charge is -2.10. The molecule has 4 nitrogen and oxygen atoms in total. The maximum absolute atomic E-state index is 12.6. The van der Waals surface area contributed by atoms with Crippen molar-refractivity contribution in [1.29, 1.82) is 0 Å². The van der Waals surface area contributed by atoms with Gasteiger partial charge in [-0.1, -0.05) is 6.07 Å². The number of aromatic amines is 1. The van der Waals surface area contributed by atoms with Crippen molar-refractivity contribution in [1.82, 2.24) is 9.55 Å². The van der Waals surface area contributed by atoms with E-state index in [0.717, 1.165) is 27.5 Å². The first-order valence-electron chi connectivity index (χ1n) is 8.11. The van der Waals surface area contributed by atoms with Gasteiger partial charge in [0, 0.05) is 46.1 Å². The average molecular weight is 317 g/mol. The molecule has 0 atom stereocenters. The minimum absolute atomic E-state index is 0.0942. The number of rotatable bonds is 3. The highest BCUT2D eigenvalue weighted by Crippen LogP contribution is 2.23. The van der Waals surface area contributed by atoms with Gasteiger partial charge in [-0.3, -0.25) is 4.79 Å². The molecule has 0 fully saturated rings. The van der Waals surface area contributed by atoms with Gasteiger partial charge in [0.25, 0.3) is 5.91 Å². The maximum Gasteiger partial charge on any atom is 0.255 e. The molecule has 0 aliphatic rings. The van der Waals surface area contributed by atoms with Crippen LogP contribution in [0, 0.1) is 0 Å². The minimum atomic E-state index is -0.0942. The Labute approximate surface area is 140 Å².